The molecule has 1 unspecified atom stereocenters. The number of para-hydroxylation sites is 1. The highest BCUT2D eigenvalue weighted by atomic mass is 32.2. The molecule has 5 rings (SSSR count). The number of rotatable bonds is 6. The second-order valence-electron chi connectivity index (χ2n) is 8.51. The Balaban J connectivity index is 1.16. The maximum absolute atomic E-state index is 12.8. The third-order valence-electron chi connectivity index (χ3n) is 6.58. The number of fused-ring (bicyclic) bond motifs is 3. The molecule has 6 nitrogen and oxygen atoms in total. The van der Waals surface area contributed by atoms with Crippen LogP contribution in [0.4, 0.5) is 11.4 Å². The molecule has 3 aliphatic rings. The van der Waals surface area contributed by atoms with Gasteiger partial charge in [0.25, 0.3) is 5.91 Å². The summed E-state index contributed by atoms with van der Waals surface area (Å²) in [4.78, 5) is 25.4. The number of hydrogen-bond donors (Lipinski definition) is 0. The Labute approximate surface area is 187 Å². The van der Waals surface area contributed by atoms with Crippen molar-refractivity contribution in [3.63, 3.8) is 0 Å². The minimum absolute atomic E-state index is 0.00709. The highest BCUT2D eigenvalue weighted by Crippen LogP contribution is 2.48. The molecule has 1 amide bonds. The second-order valence-corrected chi connectivity index (χ2v) is 9.52. The number of hydrogen-bond acceptors (Lipinski definition) is 6. The topological polar surface area (TPSA) is 48.4 Å². The third kappa shape index (κ3) is 3.70. The van der Waals surface area contributed by atoms with Gasteiger partial charge < -0.3 is 14.5 Å². The van der Waals surface area contributed by atoms with E-state index in [1.165, 1.54) is 10.6 Å². The maximum atomic E-state index is 12.8. The minimum Gasteiger partial charge on any atom is -0.497 e. The molecule has 0 saturated carbocycles. The van der Waals surface area contributed by atoms with Gasteiger partial charge in [-0.2, -0.15) is 4.99 Å². The van der Waals surface area contributed by atoms with Crippen molar-refractivity contribution in [3.05, 3.63) is 48.5 Å². The van der Waals surface area contributed by atoms with Gasteiger partial charge in [0.05, 0.1) is 12.8 Å². The van der Waals surface area contributed by atoms with Gasteiger partial charge in [-0.15, -0.1) is 0 Å². The van der Waals surface area contributed by atoms with Gasteiger partial charge in [0, 0.05) is 42.8 Å². The molecule has 0 N–H and O–H groups in total. The maximum Gasteiger partial charge on any atom is 0.274 e. The molecular weight excluding hydrogens is 408 g/mol. The minimum atomic E-state index is -0.572. The number of thioether (sulfide) groups is 1. The number of anilines is 2. The number of carbonyl (C=O) groups is 1. The Morgan fingerprint density at radius 3 is 2.71 bits per heavy atom. The predicted molar refractivity (Wildman–Crippen MR) is 127 cm³/mol. The number of methoxy groups -OCH3 is 1. The van der Waals surface area contributed by atoms with Crippen LogP contribution in [0.2, 0.25) is 0 Å². The quantitative estimate of drug-likeness (QED) is 0.685. The van der Waals surface area contributed by atoms with Crippen molar-refractivity contribution in [1.82, 2.24) is 4.90 Å². The van der Waals surface area contributed by atoms with Gasteiger partial charge in [0.2, 0.25) is 0 Å². The molecule has 0 aliphatic carbocycles. The van der Waals surface area contributed by atoms with Gasteiger partial charge in [0.15, 0.2) is 5.17 Å². The number of benzene rings is 2. The number of amidine groups is 1. The van der Waals surface area contributed by atoms with Crippen LogP contribution in [0.25, 0.3) is 0 Å². The normalized spacial score (nSPS) is 23.0. The fourth-order valence-corrected chi connectivity index (χ4v) is 5.86. The molecule has 0 bridgehead atoms. The van der Waals surface area contributed by atoms with E-state index >= 15 is 0 Å². The molecule has 0 aromatic heterocycles. The van der Waals surface area contributed by atoms with E-state index in [-0.39, 0.29) is 5.91 Å². The average Bonchev–Trinajstić information content (AvgIpc) is 3.28. The number of amides is 1. The number of ether oxygens (including phenoxy) is 1. The Hall–Kier alpha value is -2.51. The van der Waals surface area contributed by atoms with E-state index in [0.717, 1.165) is 62.2 Å². The molecule has 31 heavy (non-hydrogen) atoms. The van der Waals surface area contributed by atoms with Gasteiger partial charge in [-0.05, 0) is 62.3 Å². The first-order valence-corrected chi connectivity index (χ1v) is 11.7. The standard InChI is InChI=1S/C24H28N4O2S/c1-24(22(29)25-23-28(24)20-9-3-4-10-21(20)31-23)11-6-12-26-13-15-27(16-14-26)18-7-5-8-19(17-18)30-2/h3-5,7-10,17H,6,11-16H2,1-2H3. The van der Waals surface area contributed by atoms with E-state index in [2.05, 4.69) is 50.9 Å². The van der Waals surface area contributed by atoms with Crippen molar-refractivity contribution in [2.45, 2.75) is 30.2 Å². The van der Waals surface area contributed by atoms with Crippen LogP contribution in [-0.4, -0.2) is 61.3 Å². The first kappa shape index (κ1) is 20.4. The van der Waals surface area contributed by atoms with E-state index < -0.39 is 5.54 Å². The van der Waals surface area contributed by atoms with Crippen LogP contribution in [0.1, 0.15) is 19.8 Å². The van der Waals surface area contributed by atoms with Crippen LogP contribution in [0.15, 0.2) is 58.4 Å². The lowest BCUT2D eigenvalue weighted by Gasteiger charge is -2.37. The van der Waals surface area contributed by atoms with Crippen LogP contribution < -0.4 is 14.5 Å². The van der Waals surface area contributed by atoms with Crippen molar-refractivity contribution >= 4 is 34.2 Å². The monoisotopic (exact) mass is 436 g/mol. The number of piperazine rings is 1. The fourth-order valence-electron chi connectivity index (χ4n) is 4.73. The second kappa shape index (κ2) is 8.20. The zero-order valence-electron chi connectivity index (χ0n) is 18.1. The van der Waals surface area contributed by atoms with Crippen molar-refractivity contribution in [1.29, 1.82) is 0 Å². The van der Waals surface area contributed by atoms with Crippen molar-refractivity contribution < 1.29 is 9.53 Å². The molecule has 1 saturated heterocycles. The highest BCUT2D eigenvalue weighted by molar-refractivity contribution is 8.14. The van der Waals surface area contributed by atoms with E-state index in [0.29, 0.717) is 0 Å². The predicted octanol–water partition coefficient (Wildman–Crippen LogP) is 3.86. The molecule has 3 aliphatic heterocycles. The summed E-state index contributed by atoms with van der Waals surface area (Å²) < 4.78 is 5.36. The Bertz CT molecular complexity index is 1020. The summed E-state index contributed by atoms with van der Waals surface area (Å²) in [6.07, 6.45) is 1.79. The van der Waals surface area contributed by atoms with Gasteiger partial charge in [-0.1, -0.05) is 18.2 Å². The molecule has 0 spiro atoms. The van der Waals surface area contributed by atoms with Crippen molar-refractivity contribution in [3.8, 4) is 5.75 Å². The smallest absolute Gasteiger partial charge is 0.274 e. The number of nitrogens with zero attached hydrogens (tertiary/aromatic N) is 4. The van der Waals surface area contributed by atoms with E-state index in [1.54, 1.807) is 18.9 Å². The van der Waals surface area contributed by atoms with Crippen LogP contribution in [0.5, 0.6) is 5.75 Å². The molecule has 1 atom stereocenters. The zero-order valence-corrected chi connectivity index (χ0v) is 18.9. The summed E-state index contributed by atoms with van der Waals surface area (Å²) in [6, 6.07) is 16.6. The van der Waals surface area contributed by atoms with E-state index in [4.69, 9.17) is 4.74 Å². The molecule has 3 heterocycles. The molecular formula is C24H28N4O2S. The van der Waals surface area contributed by atoms with Crippen molar-refractivity contribution in [2.24, 2.45) is 4.99 Å². The summed E-state index contributed by atoms with van der Waals surface area (Å²) in [5.41, 5.74) is 1.77. The van der Waals surface area contributed by atoms with Gasteiger partial charge in [-0.3, -0.25) is 9.69 Å². The summed E-state index contributed by atoms with van der Waals surface area (Å²) in [7, 11) is 1.71. The van der Waals surface area contributed by atoms with Gasteiger partial charge in [0.1, 0.15) is 11.3 Å². The molecule has 2 aromatic carbocycles. The van der Waals surface area contributed by atoms with Gasteiger partial charge in [-0.25, -0.2) is 0 Å². The van der Waals surface area contributed by atoms with Crippen molar-refractivity contribution in [2.75, 3.05) is 49.6 Å². The average molecular weight is 437 g/mol. The number of aliphatic imine (C=N–C) groups is 1. The molecule has 1 fully saturated rings. The van der Waals surface area contributed by atoms with Crippen LogP contribution in [0, 0.1) is 0 Å². The molecule has 2 aromatic rings. The first-order valence-electron chi connectivity index (χ1n) is 10.9. The molecule has 0 radical (unpaired) electrons. The van der Waals surface area contributed by atoms with Crippen LogP contribution in [-0.2, 0) is 4.79 Å². The van der Waals surface area contributed by atoms with Gasteiger partial charge >= 0.3 is 0 Å². The Kier molecular flexibility index (Phi) is 5.40. The molecule has 162 valence electrons. The summed E-state index contributed by atoms with van der Waals surface area (Å²) in [5.74, 6) is 0.894. The third-order valence-corrected chi connectivity index (χ3v) is 7.60. The largest absolute Gasteiger partial charge is 0.497 e. The SMILES string of the molecule is COc1cccc(N2CCN(CCCC3(C)C(=O)N=C4Sc5ccccc5N43)CC2)c1. The molecule has 7 heteroatoms. The Morgan fingerprint density at radius 1 is 1.10 bits per heavy atom. The summed E-state index contributed by atoms with van der Waals surface area (Å²) >= 11 is 1.61. The van der Waals surface area contributed by atoms with E-state index in [9.17, 15) is 4.79 Å². The number of carbonyl (C=O) groups excluding carboxylic acids is 1. The Morgan fingerprint density at radius 2 is 1.90 bits per heavy atom. The lowest BCUT2D eigenvalue weighted by Crippen LogP contribution is -2.49. The van der Waals surface area contributed by atoms with Crippen LogP contribution in [0.3, 0.4) is 0 Å². The first-order chi connectivity index (χ1) is 15.1. The summed E-state index contributed by atoms with van der Waals surface area (Å²) in [5, 5.41) is 0.834. The zero-order chi connectivity index (χ0) is 21.4. The fraction of sp³-hybridized carbons (Fsp3) is 0.417. The lowest BCUT2D eigenvalue weighted by molar-refractivity contribution is -0.121. The summed E-state index contributed by atoms with van der Waals surface area (Å²) in [6.45, 7) is 7.14. The van der Waals surface area contributed by atoms with Crippen LogP contribution >= 0.6 is 11.8 Å². The highest BCUT2D eigenvalue weighted by Gasteiger charge is 2.50. The van der Waals surface area contributed by atoms with E-state index in [1.807, 2.05) is 24.3 Å². The lowest BCUT2D eigenvalue weighted by atomic mass is 9.93.